The molecule has 2 aliphatic heterocycles. The van der Waals surface area contributed by atoms with Crippen LogP contribution in [-0.2, 0) is 18.4 Å². The van der Waals surface area contributed by atoms with Crippen molar-refractivity contribution in [3.05, 3.63) is 30.6 Å². The molecule has 1 amide bonds. The molecule has 3 rings (SSSR count). The van der Waals surface area contributed by atoms with Crippen LogP contribution < -0.4 is 0 Å². The van der Waals surface area contributed by atoms with Gasteiger partial charge in [0.05, 0.1) is 19.0 Å². The van der Waals surface area contributed by atoms with Crippen LogP contribution in [0.15, 0.2) is 23.6 Å². The Balaban J connectivity index is 1.70. The summed E-state index contributed by atoms with van der Waals surface area (Å²) in [5, 5.41) is 19.0. The van der Waals surface area contributed by atoms with Crippen LogP contribution >= 0.6 is 0 Å². The Morgan fingerprint density at radius 2 is 2.23 bits per heavy atom. The molecule has 0 bridgehead atoms. The number of aromatic nitrogens is 2. The highest BCUT2D eigenvalue weighted by Crippen LogP contribution is 2.19. The topological polar surface area (TPSA) is 97.4 Å². The molecule has 1 saturated heterocycles. The number of carbonyl (C=O) groups is 1. The zero-order valence-corrected chi connectivity index (χ0v) is 15.1. The molecular formula is C16H24BN6O3+. The number of rotatable bonds is 7. The Morgan fingerprint density at radius 3 is 2.85 bits per heavy atom. The second-order valence-corrected chi connectivity index (χ2v) is 6.71. The van der Waals surface area contributed by atoms with Crippen LogP contribution in [0, 0.1) is 6.20 Å². The molecule has 26 heavy (non-hydrogen) atoms. The molecule has 1 unspecified atom stereocenters. The smallest absolute Gasteiger partial charge is 0.426 e. The molecule has 10 heteroatoms. The first-order chi connectivity index (χ1) is 12.5. The van der Waals surface area contributed by atoms with E-state index in [1.54, 1.807) is 17.3 Å². The van der Waals surface area contributed by atoms with Gasteiger partial charge in [0.25, 0.3) is 5.84 Å². The van der Waals surface area contributed by atoms with Gasteiger partial charge in [0.2, 0.25) is 12.1 Å². The van der Waals surface area contributed by atoms with Crippen molar-refractivity contribution in [2.45, 2.75) is 25.3 Å². The number of likely N-dealkylation sites (tertiary alicyclic amines) is 1. The molecule has 1 atom stereocenters. The number of aryl methyl sites for hydroxylation is 1. The zero-order valence-electron chi connectivity index (χ0n) is 15.1. The predicted molar refractivity (Wildman–Crippen MR) is 96.4 cm³/mol. The third-order valence-corrected chi connectivity index (χ3v) is 4.83. The number of nitrogens with zero attached hydrogens (tertiary/aromatic N) is 6. The van der Waals surface area contributed by atoms with Crippen LogP contribution in [0.1, 0.15) is 18.7 Å². The third-order valence-electron chi connectivity index (χ3n) is 4.83. The number of hydrogen-bond acceptors (Lipinski definition) is 7. The molecule has 2 aliphatic rings. The van der Waals surface area contributed by atoms with Crippen molar-refractivity contribution in [1.29, 1.82) is 0 Å². The maximum Gasteiger partial charge on any atom is 0.475 e. The van der Waals surface area contributed by atoms with Crippen molar-refractivity contribution in [1.82, 2.24) is 24.3 Å². The molecule has 2 N–H and O–H groups in total. The van der Waals surface area contributed by atoms with Gasteiger partial charge < -0.3 is 19.5 Å². The summed E-state index contributed by atoms with van der Waals surface area (Å²) < 4.78 is 1.91. The van der Waals surface area contributed by atoms with E-state index in [4.69, 9.17) is 0 Å². The lowest BCUT2D eigenvalue weighted by Crippen LogP contribution is -2.49. The molecule has 0 radical (unpaired) electrons. The molecular weight excluding hydrogens is 335 g/mol. The van der Waals surface area contributed by atoms with E-state index in [1.165, 1.54) is 0 Å². The number of imidazole rings is 1. The first kappa shape index (κ1) is 18.5. The van der Waals surface area contributed by atoms with Gasteiger partial charge in [-0.05, 0) is 12.8 Å². The van der Waals surface area contributed by atoms with Gasteiger partial charge >= 0.3 is 7.12 Å². The SMILES string of the molecule is CN1C=[C+]N=C1CN(CC(=O)N1CCCC1B(O)O)Cc1nccn1C. The minimum absolute atomic E-state index is 0.118. The maximum absolute atomic E-state index is 12.8. The fourth-order valence-electron chi connectivity index (χ4n) is 3.30. The van der Waals surface area contributed by atoms with Crippen LogP contribution in [-0.4, -0.2) is 85.8 Å². The summed E-state index contributed by atoms with van der Waals surface area (Å²) in [5.74, 6) is 0.996. The van der Waals surface area contributed by atoms with Crippen LogP contribution in [0.2, 0.25) is 0 Å². The van der Waals surface area contributed by atoms with Crippen molar-refractivity contribution >= 4 is 18.9 Å². The highest BCUT2D eigenvalue weighted by atomic mass is 16.4. The number of amides is 1. The maximum atomic E-state index is 12.8. The van der Waals surface area contributed by atoms with Crippen LogP contribution in [0.3, 0.4) is 0 Å². The molecule has 138 valence electrons. The Hall–Kier alpha value is -2.26. The van der Waals surface area contributed by atoms with E-state index in [1.807, 2.05) is 34.7 Å². The number of carbonyl (C=O) groups excluding carboxylic acids is 1. The predicted octanol–water partition coefficient (Wildman–Crippen LogP) is -1.16. The van der Waals surface area contributed by atoms with E-state index >= 15 is 0 Å². The molecule has 1 fully saturated rings. The number of hydrogen-bond donors (Lipinski definition) is 2. The Morgan fingerprint density at radius 1 is 1.42 bits per heavy atom. The number of amidine groups is 1. The van der Waals surface area contributed by atoms with Crippen molar-refractivity contribution < 1.29 is 14.8 Å². The molecule has 9 nitrogen and oxygen atoms in total. The first-order valence-corrected chi connectivity index (χ1v) is 8.68. The quantitative estimate of drug-likeness (QED) is 0.471. The van der Waals surface area contributed by atoms with E-state index in [9.17, 15) is 14.8 Å². The fraction of sp³-hybridized carbons (Fsp3) is 0.562. The Labute approximate surface area is 153 Å². The highest BCUT2D eigenvalue weighted by Gasteiger charge is 2.37. The number of aliphatic imine (C=N–C) groups is 1. The summed E-state index contributed by atoms with van der Waals surface area (Å²) in [6.07, 6.45) is 9.53. The monoisotopic (exact) mass is 359 g/mol. The van der Waals surface area contributed by atoms with Gasteiger partial charge in [-0.3, -0.25) is 9.69 Å². The average Bonchev–Trinajstić information content (AvgIpc) is 3.31. The van der Waals surface area contributed by atoms with Gasteiger partial charge in [0.1, 0.15) is 12.4 Å². The Kier molecular flexibility index (Phi) is 5.68. The summed E-state index contributed by atoms with van der Waals surface area (Å²) in [5.41, 5.74) is 0. The van der Waals surface area contributed by atoms with Crippen LogP contribution in [0.25, 0.3) is 0 Å². The van der Waals surface area contributed by atoms with Gasteiger partial charge in [-0.15, -0.1) is 0 Å². The first-order valence-electron chi connectivity index (χ1n) is 8.68. The lowest BCUT2D eigenvalue weighted by Gasteiger charge is -2.27. The van der Waals surface area contributed by atoms with Gasteiger partial charge in [0.15, 0.2) is 6.20 Å². The van der Waals surface area contributed by atoms with Crippen molar-refractivity contribution in [3.8, 4) is 0 Å². The van der Waals surface area contributed by atoms with Gasteiger partial charge in [0, 0.05) is 38.0 Å². The summed E-state index contributed by atoms with van der Waals surface area (Å²) in [7, 11) is 2.29. The summed E-state index contributed by atoms with van der Waals surface area (Å²) in [4.78, 5) is 26.7. The average molecular weight is 359 g/mol. The molecule has 1 aromatic rings. The van der Waals surface area contributed by atoms with E-state index in [-0.39, 0.29) is 12.5 Å². The molecule has 0 aliphatic carbocycles. The molecule has 0 aromatic carbocycles. The largest absolute Gasteiger partial charge is 0.475 e. The molecule has 3 heterocycles. The zero-order chi connectivity index (χ0) is 18.7. The van der Waals surface area contributed by atoms with Crippen LogP contribution in [0.4, 0.5) is 0 Å². The van der Waals surface area contributed by atoms with Crippen molar-refractivity contribution in [2.24, 2.45) is 12.0 Å². The lowest BCUT2D eigenvalue weighted by molar-refractivity contribution is -0.132. The van der Waals surface area contributed by atoms with E-state index in [0.717, 1.165) is 18.1 Å². The second kappa shape index (κ2) is 7.97. The van der Waals surface area contributed by atoms with Gasteiger partial charge in [-0.2, -0.15) is 0 Å². The van der Waals surface area contributed by atoms with Crippen molar-refractivity contribution in [2.75, 3.05) is 26.7 Å². The molecule has 0 saturated carbocycles. The summed E-state index contributed by atoms with van der Waals surface area (Å²) >= 11 is 0. The normalized spacial score (nSPS) is 19.3. The summed E-state index contributed by atoms with van der Waals surface area (Å²) in [6.45, 7) is 1.66. The van der Waals surface area contributed by atoms with E-state index in [0.29, 0.717) is 26.1 Å². The molecule has 0 spiro atoms. The standard InChI is InChI=1S/C16H24BN6O3/c1-20-8-5-18-14(20)10-22(11-15-19-6-9-21(15)2)12-16(24)23-7-3-4-13(23)17(25)26/h5,8-9,13,25-26H,3-4,7,10-12H2,1-2H3/q+1. The summed E-state index contributed by atoms with van der Waals surface area (Å²) in [6, 6.07) is 0. The second-order valence-electron chi connectivity index (χ2n) is 6.71. The highest BCUT2D eigenvalue weighted by molar-refractivity contribution is 6.43. The van der Waals surface area contributed by atoms with Crippen LogP contribution in [0.5, 0.6) is 0 Å². The van der Waals surface area contributed by atoms with E-state index < -0.39 is 13.1 Å². The van der Waals surface area contributed by atoms with Gasteiger partial charge in [-0.1, -0.05) is 0 Å². The fourth-order valence-corrected chi connectivity index (χ4v) is 3.30. The lowest BCUT2D eigenvalue weighted by atomic mass is 9.78. The minimum atomic E-state index is -1.51. The van der Waals surface area contributed by atoms with E-state index in [2.05, 4.69) is 16.2 Å². The third kappa shape index (κ3) is 4.11. The minimum Gasteiger partial charge on any atom is -0.426 e. The number of likely N-dealkylation sites (N-methyl/N-ethyl adjacent to an activating group) is 1. The van der Waals surface area contributed by atoms with Crippen molar-refractivity contribution in [3.63, 3.8) is 0 Å². The van der Waals surface area contributed by atoms with Gasteiger partial charge in [-0.25, -0.2) is 9.88 Å². The molecule has 1 aromatic heterocycles. The Bertz CT molecular complexity index is 704.